The van der Waals surface area contributed by atoms with E-state index in [1.165, 1.54) is 11.6 Å². The molecular weight excluding hydrogens is 298 g/mol. The standard InChI is InChI=1S/C17H19NO3S/c1-12-8-9-14(10-13(12)2)11-17(19)18-15-6-4-5-7-16(15)22(3,20)21/h4-10H,11H2,1-3H3,(H,18,19). The highest BCUT2D eigenvalue weighted by molar-refractivity contribution is 7.90. The maximum Gasteiger partial charge on any atom is 0.228 e. The largest absolute Gasteiger partial charge is 0.325 e. The lowest BCUT2D eigenvalue weighted by Crippen LogP contribution is -2.16. The zero-order valence-electron chi connectivity index (χ0n) is 12.9. The monoisotopic (exact) mass is 317 g/mol. The Morgan fingerprint density at radius 3 is 2.36 bits per heavy atom. The third kappa shape index (κ3) is 3.95. The molecule has 0 saturated heterocycles. The Morgan fingerprint density at radius 2 is 1.73 bits per heavy atom. The van der Waals surface area contributed by atoms with Gasteiger partial charge in [-0.25, -0.2) is 8.42 Å². The van der Waals surface area contributed by atoms with E-state index in [1.54, 1.807) is 18.2 Å². The van der Waals surface area contributed by atoms with Crippen LogP contribution < -0.4 is 5.32 Å². The Labute approximate surface area is 131 Å². The van der Waals surface area contributed by atoms with Gasteiger partial charge < -0.3 is 5.32 Å². The van der Waals surface area contributed by atoms with Crippen LogP contribution in [-0.2, 0) is 21.1 Å². The number of sulfone groups is 1. The van der Waals surface area contributed by atoms with Crippen LogP contribution in [0.25, 0.3) is 0 Å². The molecule has 2 rings (SSSR count). The van der Waals surface area contributed by atoms with Crippen molar-refractivity contribution in [2.45, 2.75) is 25.2 Å². The third-order valence-corrected chi connectivity index (χ3v) is 4.65. The van der Waals surface area contributed by atoms with E-state index in [-0.39, 0.29) is 17.2 Å². The minimum absolute atomic E-state index is 0.128. The number of hydrogen-bond acceptors (Lipinski definition) is 3. The first-order valence-corrected chi connectivity index (χ1v) is 8.81. The van der Waals surface area contributed by atoms with Crippen molar-refractivity contribution >= 4 is 21.4 Å². The fourth-order valence-corrected chi connectivity index (χ4v) is 3.03. The number of nitrogens with one attached hydrogen (secondary N) is 1. The molecule has 0 spiro atoms. The number of amides is 1. The van der Waals surface area contributed by atoms with Crippen LogP contribution in [0.1, 0.15) is 16.7 Å². The minimum Gasteiger partial charge on any atom is -0.325 e. The molecule has 1 N–H and O–H groups in total. The maximum atomic E-state index is 12.2. The fourth-order valence-electron chi connectivity index (χ4n) is 2.19. The average molecular weight is 317 g/mol. The van der Waals surface area contributed by atoms with E-state index in [0.29, 0.717) is 5.69 Å². The summed E-state index contributed by atoms with van der Waals surface area (Å²) in [5.74, 6) is -0.237. The normalized spacial score (nSPS) is 11.2. The van der Waals surface area contributed by atoms with Gasteiger partial charge in [-0.15, -0.1) is 0 Å². The van der Waals surface area contributed by atoms with Crippen molar-refractivity contribution in [2.24, 2.45) is 0 Å². The Kier molecular flexibility index (Phi) is 4.66. The molecule has 0 aliphatic rings. The zero-order valence-corrected chi connectivity index (χ0v) is 13.7. The molecule has 0 saturated carbocycles. The highest BCUT2D eigenvalue weighted by Gasteiger charge is 2.14. The van der Waals surface area contributed by atoms with Crippen LogP contribution in [0.15, 0.2) is 47.4 Å². The number of carbonyl (C=O) groups is 1. The Bertz CT molecular complexity index is 810. The van der Waals surface area contributed by atoms with E-state index >= 15 is 0 Å². The van der Waals surface area contributed by atoms with E-state index in [0.717, 1.165) is 17.4 Å². The molecule has 2 aromatic rings. The number of hydrogen-bond donors (Lipinski definition) is 1. The van der Waals surface area contributed by atoms with Gasteiger partial charge in [-0.3, -0.25) is 4.79 Å². The van der Waals surface area contributed by atoms with Crippen LogP contribution in [-0.4, -0.2) is 20.6 Å². The van der Waals surface area contributed by atoms with E-state index in [2.05, 4.69) is 5.32 Å². The number of para-hydroxylation sites is 1. The number of aryl methyl sites for hydroxylation is 2. The molecule has 22 heavy (non-hydrogen) atoms. The van der Waals surface area contributed by atoms with Crippen LogP contribution in [0, 0.1) is 13.8 Å². The van der Waals surface area contributed by atoms with Gasteiger partial charge in [-0.05, 0) is 42.7 Å². The molecule has 5 heteroatoms. The van der Waals surface area contributed by atoms with Crippen molar-refractivity contribution in [1.82, 2.24) is 0 Å². The van der Waals surface area contributed by atoms with Gasteiger partial charge in [-0.1, -0.05) is 30.3 Å². The smallest absolute Gasteiger partial charge is 0.228 e. The van der Waals surface area contributed by atoms with Crippen molar-refractivity contribution in [3.05, 3.63) is 59.2 Å². The van der Waals surface area contributed by atoms with E-state index in [9.17, 15) is 13.2 Å². The lowest BCUT2D eigenvalue weighted by atomic mass is 10.0. The minimum atomic E-state index is -3.38. The second-order valence-corrected chi connectivity index (χ2v) is 7.40. The van der Waals surface area contributed by atoms with Gasteiger partial charge in [0.05, 0.1) is 17.0 Å². The van der Waals surface area contributed by atoms with E-state index in [4.69, 9.17) is 0 Å². The molecule has 0 aromatic heterocycles. The van der Waals surface area contributed by atoms with Gasteiger partial charge >= 0.3 is 0 Å². The lowest BCUT2D eigenvalue weighted by molar-refractivity contribution is -0.115. The van der Waals surface area contributed by atoms with Gasteiger partial charge in [0.2, 0.25) is 5.91 Å². The molecule has 0 unspecified atom stereocenters. The molecule has 1 amide bonds. The number of benzene rings is 2. The third-order valence-electron chi connectivity index (χ3n) is 3.50. The molecular formula is C17H19NO3S. The Balaban J connectivity index is 2.18. The highest BCUT2D eigenvalue weighted by Crippen LogP contribution is 2.21. The summed E-state index contributed by atoms with van der Waals surface area (Å²) in [7, 11) is -3.38. The molecule has 4 nitrogen and oxygen atoms in total. The van der Waals surface area contributed by atoms with Crippen molar-refractivity contribution in [2.75, 3.05) is 11.6 Å². The number of rotatable bonds is 4. The number of carbonyl (C=O) groups excluding carboxylic acids is 1. The van der Waals surface area contributed by atoms with Crippen molar-refractivity contribution in [1.29, 1.82) is 0 Å². The summed E-state index contributed by atoms with van der Waals surface area (Å²) < 4.78 is 23.4. The summed E-state index contributed by atoms with van der Waals surface area (Å²) in [6.45, 7) is 4.01. The fraction of sp³-hybridized carbons (Fsp3) is 0.235. The summed E-state index contributed by atoms with van der Waals surface area (Å²) in [5, 5.41) is 2.68. The van der Waals surface area contributed by atoms with Crippen molar-refractivity contribution < 1.29 is 13.2 Å². The van der Waals surface area contributed by atoms with Gasteiger partial charge in [0, 0.05) is 6.26 Å². The molecule has 116 valence electrons. The topological polar surface area (TPSA) is 63.2 Å². The Morgan fingerprint density at radius 1 is 1.05 bits per heavy atom. The molecule has 0 aliphatic heterocycles. The predicted octanol–water partition coefficient (Wildman–Crippen LogP) is 2.89. The summed E-state index contributed by atoms with van der Waals surface area (Å²) in [6.07, 6.45) is 1.33. The summed E-state index contributed by atoms with van der Waals surface area (Å²) in [5.41, 5.74) is 3.52. The summed E-state index contributed by atoms with van der Waals surface area (Å²) in [4.78, 5) is 12.3. The van der Waals surface area contributed by atoms with Gasteiger partial charge in [-0.2, -0.15) is 0 Å². The first kappa shape index (κ1) is 16.2. The van der Waals surface area contributed by atoms with Crippen LogP contribution in [0.5, 0.6) is 0 Å². The summed E-state index contributed by atoms with van der Waals surface area (Å²) >= 11 is 0. The zero-order chi connectivity index (χ0) is 16.3. The van der Waals surface area contributed by atoms with E-state index < -0.39 is 9.84 Å². The second-order valence-electron chi connectivity index (χ2n) is 5.41. The van der Waals surface area contributed by atoms with Crippen LogP contribution in [0.3, 0.4) is 0 Å². The van der Waals surface area contributed by atoms with Gasteiger partial charge in [0.1, 0.15) is 0 Å². The molecule has 0 atom stereocenters. The van der Waals surface area contributed by atoms with Crippen LogP contribution in [0.2, 0.25) is 0 Å². The molecule has 0 radical (unpaired) electrons. The molecule has 0 heterocycles. The lowest BCUT2D eigenvalue weighted by Gasteiger charge is -2.10. The first-order valence-electron chi connectivity index (χ1n) is 6.92. The average Bonchev–Trinajstić information content (AvgIpc) is 2.42. The molecule has 0 fully saturated rings. The summed E-state index contributed by atoms with van der Waals surface area (Å²) in [6, 6.07) is 12.3. The molecule has 2 aromatic carbocycles. The van der Waals surface area contributed by atoms with Gasteiger partial charge in [0.25, 0.3) is 0 Å². The van der Waals surface area contributed by atoms with Crippen LogP contribution >= 0.6 is 0 Å². The Hall–Kier alpha value is -2.14. The second kappa shape index (κ2) is 6.32. The van der Waals surface area contributed by atoms with Gasteiger partial charge in [0.15, 0.2) is 9.84 Å². The van der Waals surface area contributed by atoms with E-state index in [1.807, 2.05) is 32.0 Å². The molecule has 0 bridgehead atoms. The quantitative estimate of drug-likeness (QED) is 0.943. The first-order chi connectivity index (χ1) is 10.3. The predicted molar refractivity (Wildman–Crippen MR) is 87.8 cm³/mol. The van der Waals surface area contributed by atoms with Crippen LogP contribution in [0.4, 0.5) is 5.69 Å². The van der Waals surface area contributed by atoms with Crippen molar-refractivity contribution in [3.8, 4) is 0 Å². The number of anilines is 1. The highest BCUT2D eigenvalue weighted by atomic mass is 32.2. The SMILES string of the molecule is Cc1ccc(CC(=O)Nc2ccccc2S(C)(=O)=O)cc1C. The molecule has 0 aliphatic carbocycles. The maximum absolute atomic E-state index is 12.2. The van der Waals surface area contributed by atoms with Crippen molar-refractivity contribution in [3.63, 3.8) is 0 Å².